The van der Waals surface area contributed by atoms with Gasteiger partial charge in [0.15, 0.2) is 5.82 Å². The molecule has 1 fully saturated rings. The number of benzene rings is 2. The van der Waals surface area contributed by atoms with Crippen molar-refractivity contribution in [3.05, 3.63) is 70.6 Å². The van der Waals surface area contributed by atoms with Crippen LogP contribution in [0.4, 0.5) is 0 Å². The number of hydrogen-bond acceptors (Lipinski definition) is 4. The van der Waals surface area contributed by atoms with Gasteiger partial charge in [0, 0.05) is 29.8 Å². The van der Waals surface area contributed by atoms with E-state index in [0.717, 1.165) is 24.0 Å². The number of aromatic nitrogens is 5. The third-order valence-corrected chi connectivity index (χ3v) is 5.22. The molecule has 0 bridgehead atoms. The van der Waals surface area contributed by atoms with Crippen LogP contribution in [0.15, 0.2) is 59.4 Å². The molecular formula is C22H21ClN6O2. The first-order valence-electron chi connectivity index (χ1n) is 9.81. The van der Waals surface area contributed by atoms with Gasteiger partial charge in [0.1, 0.15) is 17.2 Å². The van der Waals surface area contributed by atoms with Crippen LogP contribution < -0.4 is 11.0 Å². The number of H-pyrrole nitrogens is 2. The summed E-state index contributed by atoms with van der Waals surface area (Å²) in [6.45, 7) is 0. The summed E-state index contributed by atoms with van der Waals surface area (Å²) in [5.41, 5.74) is 3.28. The molecule has 0 atom stereocenters. The first-order chi connectivity index (χ1) is 14.7. The highest BCUT2D eigenvalue weighted by Crippen LogP contribution is 2.38. The zero-order chi connectivity index (χ0) is 20.7. The predicted octanol–water partition coefficient (Wildman–Crippen LogP) is 3.41. The van der Waals surface area contributed by atoms with Crippen LogP contribution in [-0.2, 0) is 0 Å². The van der Waals surface area contributed by atoms with Crippen molar-refractivity contribution >= 4 is 18.3 Å². The number of carbonyl (C=O) groups excluding carboxylic acids is 1. The summed E-state index contributed by atoms with van der Waals surface area (Å²) in [6, 6.07) is 17.2. The predicted molar refractivity (Wildman–Crippen MR) is 120 cm³/mol. The minimum atomic E-state index is -0.228. The van der Waals surface area contributed by atoms with E-state index in [-0.39, 0.29) is 30.0 Å². The summed E-state index contributed by atoms with van der Waals surface area (Å²) in [5, 5.41) is 9.50. The number of halogens is 1. The Labute approximate surface area is 184 Å². The molecule has 0 radical (unpaired) electrons. The summed E-state index contributed by atoms with van der Waals surface area (Å²) < 4.78 is 1.69. The fourth-order valence-electron chi connectivity index (χ4n) is 3.58. The number of nitrogens with zero attached hydrogens (tertiary/aromatic N) is 3. The summed E-state index contributed by atoms with van der Waals surface area (Å²) >= 11 is 0. The highest BCUT2D eigenvalue weighted by Gasteiger charge is 2.31. The second-order valence-electron chi connectivity index (χ2n) is 7.29. The number of carbonyl (C=O) groups is 1. The van der Waals surface area contributed by atoms with Gasteiger partial charge in [-0.2, -0.15) is 5.10 Å². The van der Waals surface area contributed by atoms with E-state index in [1.807, 2.05) is 42.5 Å². The highest BCUT2D eigenvalue weighted by atomic mass is 35.5. The van der Waals surface area contributed by atoms with Crippen LogP contribution >= 0.6 is 12.4 Å². The van der Waals surface area contributed by atoms with Crippen LogP contribution in [0.1, 0.15) is 29.2 Å². The lowest BCUT2D eigenvalue weighted by Gasteiger charge is -2.06. The number of nitrogens with one attached hydrogen (secondary N) is 3. The molecule has 31 heavy (non-hydrogen) atoms. The second kappa shape index (κ2) is 8.23. The van der Waals surface area contributed by atoms with Gasteiger partial charge in [-0.3, -0.25) is 9.36 Å². The SMILES string of the molecule is CNC(=O)c1cccc(-c2nc(-c3ccccc3)[nH]c2-c2n[nH]c(=O)n2C2CC2)c1.Cl. The average Bonchev–Trinajstić information content (AvgIpc) is 3.41. The molecule has 2 aromatic heterocycles. The smallest absolute Gasteiger partial charge is 0.343 e. The van der Waals surface area contributed by atoms with E-state index in [1.54, 1.807) is 23.7 Å². The molecule has 158 valence electrons. The van der Waals surface area contributed by atoms with Crippen LogP contribution in [0.5, 0.6) is 0 Å². The Balaban J connectivity index is 0.00000231. The number of imidazole rings is 1. The Bertz CT molecular complexity index is 1290. The van der Waals surface area contributed by atoms with E-state index in [0.29, 0.717) is 28.6 Å². The van der Waals surface area contributed by atoms with E-state index in [4.69, 9.17) is 4.98 Å². The Morgan fingerprint density at radius 1 is 1.10 bits per heavy atom. The molecule has 0 unspecified atom stereocenters. The van der Waals surface area contributed by atoms with Crippen molar-refractivity contribution in [2.75, 3.05) is 7.05 Å². The number of rotatable bonds is 5. The molecule has 0 spiro atoms. The molecule has 3 N–H and O–H groups in total. The van der Waals surface area contributed by atoms with Crippen molar-refractivity contribution in [2.45, 2.75) is 18.9 Å². The Morgan fingerprint density at radius 2 is 1.84 bits per heavy atom. The van der Waals surface area contributed by atoms with Gasteiger partial charge < -0.3 is 10.3 Å². The maximum Gasteiger partial charge on any atom is 0.343 e. The van der Waals surface area contributed by atoms with E-state index < -0.39 is 0 Å². The Hall–Kier alpha value is -3.65. The van der Waals surface area contributed by atoms with E-state index in [1.165, 1.54) is 0 Å². The van der Waals surface area contributed by atoms with Gasteiger partial charge in [-0.1, -0.05) is 42.5 Å². The van der Waals surface area contributed by atoms with E-state index in [2.05, 4.69) is 20.5 Å². The lowest BCUT2D eigenvalue weighted by atomic mass is 10.1. The molecule has 8 nitrogen and oxygen atoms in total. The number of amides is 1. The monoisotopic (exact) mass is 436 g/mol. The van der Waals surface area contributed by atoms with Crippen molar-refractivity contribution < 1.29 is 4.79 Å². The first-order valence-corrected chi connectivity index (χ1v) is 9.81. The summed E-state index contributed by atoms with van der Waals surface area (Å²) in [6.07, 6.45) is 1.90. The van der Waals surface area contributed by atoms with Crippen LogP contribution in [-0.4, -0.2) is 37.7 Å². The first kappa shape index (κ1) is 20.6. The molecule has 2 aromatic carbocycles. The molecule has 1 saturated carbocycles. The van der Waals surface area contributed by atoms with Crippen LogP contribution in [0.25, 0.3) is 34.2 Å². The topological polar surface area (TPSA) is 108 Å². The van der Waals surface area contributed by atoms with Crippen LogP contribution in [0.2, 0.25) is 0 Å². The molecule has 0 aliphatic heterocycles. The van der Waals surface area contributed by atoms with Gasteiger partial charge in [0.05, 0.1) is 0 Å². The fourth-order valence-corrected chi connectivity index (χ4v) is 3.58. The molecule has 9 heteroatoms. The molecular weight excluding hydrogens is 416 g/mol. The molecule has 0 saturated heterocycles. The van der Waals surface area contributed by atoms with Crippen LogP contribution in [0.3, 0.4) is 0 Å². The minimum Gasteiger partial charge on any atom is -0.355 e. The number of aromatic amines is 2. The third kappa shape index (κ3) is 3.77. The quantitative estimate of drug-likeness (QED) is 0.445. The molecule has 1 amide bonds. The second-order valence-corrected chi connectivity index (χ2v) is 7.29. The average molecular weight is 437 g/mol. The zero-order valence-electron chi connectivity index (χ0n) is 16.8. The Morgan fingerprint density at radius 3 is 2.55 bits per heavy atom. The summed E-state index contributed by atoms with van der Waals surface area (Å²) in [7, 11) is 1.60. The largest absolute Gasteiger partial charge is 0.355 e. The van der Waals surface area contributed by atoms with Gasteiger partial charge in [-0.05, 0) is 25.0 Å². The van der Waals surface area contributed by atoms with Crippen molar-refractivity contribution in [1.82, 2.24) is 30.0 Å². The van der Waals surface area contributed by atoms with Crippen LogP contribution in [0, 0.1) is 0 Å². The zero-order valence-corrected chi connectivity index (χ0v) is 17.6. The lowest BCUT2D eigenvalue weighted by molar-refractivity contribution is 0.0963. The van der Waals surface area contributed by atoms with E-state index in [9.17, 15) is 9.59 Å². The number of hydrogen-bond donors (Lipinski definition) is 3. The normalized spacial score (nSPS) is 12.9. The van der Waals surface area contributed by atoms with Gasteiger partial charge in [0.2, 0.25) is 0 Å². The van der Waals surface area contributed by atoms with Crippen molar-refractivity contribution in [3.63, 3.8) is 0 Å². The van der Waals surface area contributed by atoms with Crippen molar-refractivity contribution in [2.24, 2.45) is 0 Å². The van der Waals surface area contributed by atoms with Crippen molar-refractivity contribution in [1.29, 1.82) is 0 Å². The maximum atomic E-state index is 12.4. The van der Waals surface area contributed by atoms with E-state index >= 15 is 0 Å². The minimum absolute atomic E-state index is 0. The molecule has 4 aromatic rings. The molecule has 1 aliphatic rings. The lowest BCUT2D eigenvalue weighted by Crippen LogP contribution is -2.17. The maximum absolute atomic E-state index is 12.4. The molecule has 2 heterocycles. The molecule has 5 rings (SSSR count). The third-order valence-electron chi connectivity index (χ3n) is 5.22. The highest BCUT2D eigenvalue weighted by molar-refractivity contribution is 5.95. The van der Waals surface area contributed by atoms with Gasteiger partial charge >= 0.3 is 5.69 Å². The standard InChI is InChI=1S/C22H20N6O2.ClH/c1-23-21(29)15-9-5-8-14(12-15)17-18(20-26-27-22(30)28(20)16-10-11-16)25-19(24-17)13-6-3-2-4-7-13;/h2-9,12,16H,10-11H2,1H3,(H,23,29)(H,24,25)(H,27,30);1H. The Kier molecular flexibility index (Phi) is 5.48. The van der Waals surface area contributed by atoms with Gasteiger partial charge in [-0.15, -0.1) is 12.4 Å². The fraction of sp³-hybridized carbons (Fsp3) is 0.182. The van der Waals surface area contributed by atoms with Gasteiger partial charge in [0.25, 0.3) is 5.91 Å². The van der Waals surface area contributed by atoms with Gasteiger partial charge in [-0.25, -0.2) is 14.9 Å². The molecule has 1 aliphatic carbocycles. The van der Waals surface area contributed by atoms with Crippen molar-refractivity contribution in [3.8, 4) is 34.2 Å². The summed E-state index contributed by atoms with van der Waals surface area (Å²) in [4.78, 5) is 32.7. The summed E-state index contributed by atoms with van der Waals surface area (Å²) in [5.74, 6) is 1.02.